The molecular formula is C12H12O2. The lowest BCUT2D eigenvalue weighted by molar-refractivity contribution is -0.108. The van der Waals surface area contributed by atoms with Crippen molar-refractivity contribution in [2.75, 3.05) is 0 Å². The molecule has 0 N–H and O–H groups in total. The van der Waals surface area contributed by atoms with Crippen molar-refractivity contribution >= 4 is 6.29 Å². The molecule has 0 aliphatic heterocycles. The zero-order valence-electron chi connectivity index (χ0n) is 7.85. The van der Waals surface area contributed by atoms with E-state index in [1.54, 1.807) is 6.26 Å². The van der Waals surface area contributed by atoms with E-state index in [1.165, 1.54) is 5.57 Å². The Morgan fingerprint density at radius 3 is 3.07 bits per heavy atom. The monoisotopic (exact) mass is 188 g/mol. The van der Waals surface area contributed by atoms with E-state index in [4.69, 9.17) is 4.42 Å². The van der Waals surface area contributed by atoms with Crippen LogP contribution in [-0.4, -0.2) is 6.29 Å². The highest BCUT2D eigenvalue weighted by molar-refractivity contribution is 5.53. The second-order valence-corrected chi connectivity index (χ2v) is 3.34. The topological polar surface area (TPSA) is 30.2 Å². The first-order valence-electron chi connectivity index (χ1n) is 4.74. The summed E-state index contributed by atoms with van der Waals surface area (Å²) in [6, 6.07) is 3.78. The van der Waals surface area contributed by atoms with Crippen LogP contribution in [0.15, 0.2) is 46.6 Å². The van der Waals surface area contributed by atoms with Crippen molar-refractivity contribution in [1.29, 1.82) is 0 Å². The fourth-order valence-corrected chi connectivity index (χ4v) is 1.76. The molecule has 0 spiro atoms. The highest BCUT2D eigenvalue weighted by Gasteiger charge is 2.18. The van der Waals surface area contributed by atoms with Gasteiger partial charge in [-0.15, -0.1) is 0 Å². The van der Waals surface area contributed by atoms with E-state index in [-0.39, 0.29) is 5.92 Å². The molecule has 1 aromatic rings. The maximum atomic E-state index is 10.6. The molecule has 0 fully saturated rings. The number of aldehydes is 1. The van der Waals surface area contributed by atoms with Gasteiger partial charge in [0.2, 0.25) is 0 Å². The van der Waals surface area contributed by atoms with Crippen LogP contribution >= 0.6 is 0 Å². The first-order chi connectivity index (χ1) is 6.92. The minimum Gasteiger partial charge on any atom is -0.469 e. The van der Waals surface area contributed by atoms with E-state index in [1.807, 2.05) is 18.2 Å². The third kappa shape index (κ3) is 1.69. The van der Waals surface area contributed by atoms with Crippen LogP contribution in [0.4, 0.5) is 0 Å². The van der Waals surface area contributed by atoms with Crippen molar-refractivity contribution in [2.24, 2.45) is 0 Å². The third-order valence-electron chi connectivity index (χ3n) is 2.47. The average Bonchev–Trinajstić information content (AvgIpc) is 2.87. The summed E-state index contributed by atoms with van der Waals surface area (Å²) in [6.07, 6.45) is 10.2. The van der Waals surface area contributed by atoms with Gasteiger partial charge < -0.3 is 9.21 Å². The maximum absolute atomic E-state index is 10.6. The Balaban J connectivity index is 2.20. The molecule has 1 aliphatic rings. The highest BCUT2D eigenvalue weighted by atomic mass is 16.3. The van der Waals surface area contributed by atoms with E-state index in [0.29, 0.717) is 6.42 Å². The second kappa shape index (κ2) is 4.09. The Hall–Kier alpha value is -1.57. The average molecular weight is 188 g/mol. The minimum absolute atomic E-state index is 0.123. The molecule has 1 heterocycles. The number of rotatable bonds is 4. The summed E-state index contributed by atoms with van der Waals surface area (Å²) >= 11 is 0. The van der Waals surface area contributed by atoms with Crippen LogP contribution in [0.5, 0.6) is 0 Å². The van der Waals surface area contributed by atoms with Gasteiger partial charge in [-0.1, -0.05) is 23.8 Å². The molecule has 1 atom stereocenters. The van der Waals surface area contributed by atoms with Crippen LogP contribution in [0.3, 0.4) is 0 Å². The molecule has 0 saturated heterocycles. The SMILES string of the molecule is O=CCC(C1=CC=CC1)c1ccco1. The van der Waals surface area contributed by atoms with Gasteiger partial charge in [0.25, 0.3) is 0 Å². The molecule has 2 heteroatoms. The van der Waals surface area contributed by atoms with Crippen molar-refractivity contribution in [3.05, 3.63) is 48.0 Å². The summed E-state index contributed by atoms with van der Waals surface area (Å²) in [5.74, 6) is 1.00. The number of furan rings is 1. The van der Waals surface area contributed by atoms with E-state index in [0.717, 1.165) is 18.5 Å². The predicted octanol–water partition coefficient (Wildman–Crippen LogP) is 2.84. The normalized spacial score (nSPS) is 16.7. The number of carbonyl (C=O) groups is 1. The molecule has 1 unspecified atom stereocenters. The van der Waals surface area contributed by atoms with Gasteiger partial charge in [-0.2, -0.15) is 0 Å². The fraction of sp³-hybridized carbons (Fsp3) is 0.250. The van der Waals surface area contributed by atoms with Crippen molar-refractivity contribution in [2.45, 2.75) is 18.8 Å². The van der Waals surface area contributed by atoms with Crippen LogP contribution < -0.4 is 0 Å². The Labute approximate surface area is 82.9 Å². The van der Waals surface area contributed by atoms with E-state index < -0.39 is 0 Å². The smallest absolute Gasteiger partial charge is 0.121 e. The zero-order valence-corrected chi connectivity index (χ0v) is 7.85. The van der Waals surface area contributed by atoms with Crippen molar-refractivity contribution < 1.29 is 9.21 Å². The maximum Gasteiger partial charge on any atom is 0.121 e. The van der Waals surface area contributed by atoms with E-state index in [9.17, 15) is 4.79 Å². The molecule has 1 aliphatic carbocycles. The molecule has 0 saturated carbocycles. The first-order valence-corrected chi connectivity index (χ1v) is 4.74. The predicted molar refractivity (Wildman–Crippen MR) is 54.0 cm³/mol. The van der Waals surface area contributed by atoms with Gasteiger partial charge >= 0.3 is 0 Å². The van der Waals surface area contributed by atoms with Crippen LogP contribution in [-0.2, 0) is 4.79 Å². The summed E-state index contributed by atoms with van der Waals surface area (Å²) in [4.78, 5) is 10.6. The molecule has 2 nitrogen and oxygen atoms in total. The lowest BCUT2D eigenvalue weighted by Crippen LogP contribution is -2.00. The molecular weight excluding hydrogens is 176 g/mol. The van der Waals surface area contributed by atoms with Gasteiger partial charge in [0.05, 0.1) is 6.26 Å². The largest absolute Gasteiger partial charge is 0.469 e. The summed E-state index contributed by atoms with van der Waals surface area (Å²) < 4.78 is 5.33. The second-order valence-electron chi connectivity index (χ2n) is 3.34. The van der Waals surface area contributed by atoms with Crippen LogP contribution in [0, 0.1) is 0 Å². The fourth-order valence-electron chi connectivity index (χ4n) is 1.76. The van der Waals surface area contributed by atoms with Gasteiger partial charge in [-0.3, -0.25) is 0 Å². The third-order valence-corrected chi connectivity index (χ3v) is 2.47. The van der Waals surface area contributed by atoms with Crippen LogP contribution in [0.25, 0.3) is 0 Å². The van der Waals surface area contributed by atoms with E-state index >= 15 is 0 Å². The lowest BCUT2D eigenvalue weighted by Gasteiger charge is -2.12. The summed E-state index contributed by atoms with van der Waals surface area (Å²) in [7, 11) is 0. The van der Waals surface area contributed by atoms with Gasteiger partial charge in [0.1, 0.15) is 12.0 Å². The summed E-state index contributed by atoms with van der Waals surface area (Å²) in [5.41, 5.74) is 1.26. The standard InChI is InChI=1S/C12H12O2/c13-8-7-11(10-4-1-2-5-10)12-6-3-9-14-12/h1-4,6,8-9,11H,5,7H2. The number of carbonyl (C=O) groups excluding carboxylic acids is 1. The molecule has 0 amide bonds. The number of hydrogen-bond acceptors (Lipinski definition) is 2. The summed E-state index contributed by atoms with van der Waals surface area (Å²) in [6.45, 7) is 0. The number of hydrogen-bond donors (Lipinski definition) is 0. The Kier molecular flexibility index (Phi) is 2.63. The van der Waals surface area contributed by atoms with Crippen molar-refractivity contribution in [1.82, 2.24) is 0 Å². The van der Waals surface area contributed by atoms with Crippen LogP contribution in [0.1, 0.15) is 24.5 Å². The Morgan fingerprint density at radius 2 is 2.50 bits per heavy atom. The van der Waals surface area contributed by atoms with Crippen molar-refractivity contribution in [3.8, 4) is 0 Å². The number of allylic oxidation sites excluding steroid dienone is 4. The van der Waals surface area contributed by atoms with E-state index in [2.05, 4.69) is 12.2 Å². The van der Waals surface area contributed by atoms with Gasteiger partial charge in [-0.05, 0) is 18.6 Å². The van der Waals surface area contributed by atoms with Crippen molar-refractivity contribution in [3.63, 3.8) is 0 Å². The Bertz CT molecular complexity index is 358. The zero-order chi connectivity index (χ0) is 9.80. The first kappa shape index (κ1) is 9.00. The highest BCUT2D eigenvalue weighted by Crippen LogP contribution is 2.31. The van der Waals surface area contributed by atoms with Crippen LogP contribution in [0.2, 0.25) is 0 Å². The molecule has 1 aromatic heterocycles. The molecule has 0 radical (unpaired) electrons. The summed E-state index contributed by atoms with van der Waals surface area (Å²) in [5, 5.41) is 0. The molecule has 0 bridgehead atoms. The van der Waals surface area contributed by atoms with Gasteiger partial charge in [0.15, 0.2) is 0 Å². The van der Waals surface area contributed by atoms with Gasteiger partial charge in [0, 0.05) is 12.3 Å². The molecule has 14 heavy (non-hydrogen) atoms. The van der Waals surface area contributed by atoms with Gasteiger partial charge in [-0.25, -0.2) is 0 Å². The quantitative estimate of drug-likeness (QED) is 0.680. The lowest BCUT2D eigenvalue weighted by atomic mass is 9.93. The molecule has 0 aromatic carbocycles. The molecule has 2 rings (SSSR count). The Morgan fingerprint density at radius 1 is 1.57 bits per heavy atom. The minimum atomic E-state index is 0.123. The molecule has 72 valence electrons.